The molecule has 2 heterocycles. The van der Waals surface area contributed by atoms with Gasteiger partial charge in [-0.2, -0.15) is 0 Å². The molecule has 0 amide bonds. The average Bonchev–Trinajstić information content (AvgIpc) is 2.74. The maximum absolute atomic E-state index is 12.7. The highest BCUT2D eigenvalue weighted by Gasteiger charge is 2.22. The summed E-state index contributed by atoms with van der Waals surface area (Å²) in [6.07, 6.45) is -0.732. The van der Waals surface area contributed by atoms with Crippen molar-refractivity contribution in [2.45, 2.75) is 13.3 Å². The summed E-state index contributed by atoms with van der Waals surface area (Å²) in [6, 6.07) is 1.53. The van der Waals surface area contributed by atoms with Crippen LogP contribution in [0.25, 0.3) is 11.4 Å². The number of nitrogens with zero attached hydrogens (tertiary/aromatic N) is 2. The Balaban J connectivity index is 2.57. The molecule has 0 unspecified atom stereocenters. The van der Waals surface area contributed by atoms with Crippen LogP contribution in [0.5, 0.6) is 0 Å². The monoisotopic (exact) mass is 254 g/mol. The Morgan fingerprint density at radius 2 is 2.22 bits per heavy atom. The number of hydrogen-bond acceptors (Lipinski definition) is 4. The first-order chi connectivity index (χ1) is 8.50. The van der Waals surface area contributed by atoms with E-state index in [-0.39, 0.29) is 5.82 Å². The summed E-state index contributed by atoms with van der Waals surface area (Å²) in [5, 5.41) is 8.76. The van der Waals surface area contributed by atoms with Crippen LogP contribution >= 0.6 is 0 Å². The molecule has 94 valence electrons. The molecule has 0 aliphatic rings. The minimum atomic E-state index is -2.98. The summed E-state index contributed by atoms with van der Waals surface area (Å²) in [7, 11) is 0. The number of hydrogen-bond donors (Lipinski definition) is 1. The molecule has 0 aromatic carbocycles. The van der Waals surface area contributed by atoms with Gasteiger partial charge in [0.1, 0.15) is 17.0 Å². The number of aryl methyl sites for hydroxylation is 1. The van der Waals surface area contributed by atoms with Crippen molar-refractivity contribution in [3.05, 3.63) is 35.5 Å². The topological polar surface area (TPSA) is 76.2 Å². The fraction of sp³-hybridized carbons (Fsp3) is 0.182. The first kappa shape index (κ1) is 12.2. The van der Waals surface area contributed by atoms with Crippen molar-refractivity contribution in [1.29, 1.82) is 0 Å². The number of carboxylic acids is 1. The lowest BCUT2D eigenvalue weighted by atomic mass is 10.2. The van der Waals surface area contributed by atoms with Gasteiger partial charge in [0.15, 0.2) is 5.82 Å². The molecule has 7 heteroatoms. The molecule has 0 aliphatic carbocycles. The van der Waals surface area contributed by atoms with Gasteiger partial charge in [0.25, 0.3) is 6.43 Å². The van der Waals surface area contributed by atoms with Gasteiger partial charge in [-0.1, -0.05) is 0 Å². The van der Waals surface area contributed by atoms with Crippen molar-refractivity contribution in [2.75, 3.05) is 0 Å². The lowest BCUT2D eigenvalue weighted by molar-refractivity contribution is 0.0681. The van der Waals surface area contributed by atoms with Crippen LogP contribution in [-0.4, -0.2) is 21.0 Å². The summed E-state index contributed by atoms with van der Waals surface area (Å²) in [5.41, 5.74) is -0.947. The van der Waals surface area contributed by atoms with E-state index >= 15 is 0 Å². The van der Waals surface area contributed by atoms with Gasteiger partial charge in [-0.15, -0.1) is 0 Å². The smallest absolute Gasteiger partial charge is 0.339 e. The quantitative estimate of drug-likeness (QED) is 0.911. The van der Waals surface area contributed by atoms with Crippen LogP contribution < -0.4 is 0 Å². The van der Waals surface area contributed by atoms with Crippen molar-refractivity contribution in [3.63, 3.8) is 0 Å². The second-order valence-corrected chi connectivity index (χ2v) is 3.49. The van der Waals surface area contributed by atoms with E-state index in [4.69, 9.17) is 9.52 Å². The largest absolute Gasteiger partial charge is 0.478 e. The van der Waals surface area contributed by atoms with E-state index in [1.165, 1.54) is 12.3 Å². The summed E-state index contributed by atoms with van der Waals surface area (Å²) >= 11 is 0. The molecule has 1 N–H and O–H groups in total. The lowest BCUT2D eigenvalue weighted by Gasteiger charge is -2.05. The second kappa shape index (κ2) is 4.52. The number of rotatable bonds is 3. The number of carbonyl (C=O) groups is 1. The number of alkyl halides is 2. The van der Waals surface area contributed by atoms with Crippen molar-refractivity contribution in [3.8, 4) is 11.4 Å². The molecule has 0 saturated heterocycles. The standard InChI is InChI=1S/C11H8F2N2O3/c1-5-6(2-3-18-5)10-14-4-7(11(16)17)8(15-10)9(12)13/h2-4,9H,1H3,(H,16,17). The fourth-order valence-corrected chi connectivity index (χ4v) is 1.47. The molecule has 2 rings (SSSR count). The molecule has 0 bridgehead atoms. The van der Waals surface area contributed by atoms with Gasteiger partial charge < -0.3 is 9.52 Å². The van der Waals surface area contributed by atoms with E-state index in [2.05, 4.69) is 9.97 Å². The van der Waals surface area contributed by atoms with Crippen LogP contribution in [0.1, 0.15) is 28.2 Å². The lowest BCUT2D eigenvalue weighted by Crippen LogP contribution is -2.08. The maximum atomic E-state index is 12.7. The van der Waals surface area contributed by atoms with Crippen LogP contribution in [0.2, 0.25) is 0 Å². The molecule has 5 nitrogen and oxygen atoms in total. The number of carboxylic acid groups (broad SMARTS) is 1. The number of halogens is 2. The summed E-state index contributed by atoms with van der Waals surface area (Å²) in [6.45, 7) is 1.63. The second-order valence-electron chi connectivity index (χ2n) is 3.49. The van der Waals surface area contributed by atoms with Crippen LogP contribution in [0.15, 0.2) is 22.9 Å². The predicted molar refractivity (Wildman–Crippen MR) is 56.4 cm³/mol. The van der Waals surface area contributed by atoms with E-state index in [0.29, 0.717) is 11.3 Å². The first-order valence-electron chi connectivity index (χ1n) is 4.93. The van der Waals surface area contributed by atoms with Gasteiger partial charge in [0, 0.05) is 6.20 Å². The molecule has 0 saturated carbocycles. The average molecular weight is 254 g/mol. The molecule has 2 aromatic heterocycles. The summed E-state index contributed by atoms with van der Waals surface area (Å²) in [4.78, 5) is 18.1. The number of aromatic carboxylic acids is 1. The zero-order chi connectivity index (χ0) is 13.3. The van der Waals surface area contributed by atoms with E-state index < -0.39 is 23.7 Å². The normalized spacial score (nSPS) is 10.9. The molecule has 2 aromatic rings. The third-order valence-corrected chi connectivity index (χ3v) is 2.36. The maximum Gasteiger partial charge on any atom is 0.339 e. The van der Waals surface area contributed by atoms with Gasteiger partial charge in [-0.25, -0.2) is 23.5 Å². The van der Waals surface area contributed by atoms with Crippen LogP contribution in [0.4, 0.5) is 8.78 Å². The molecular formula is C11H8F2N2O3. The third kappa shape index (κ3) is 2.06. The molecule has 0 fully saturated rings. The van der Waals surface area contributed by atoms with Gasteiger partial charge in [0.05, 0.1) is 11.8 Å². The van der Waals surface area contributed by atoms with Gasteiger partial charge in [0.2, 0.25) is 0 Å². The van der Waals surface area contributed by atoms with E-state index in [9.17, 15) is 13.6 Å². The number of furan rings is 1. The fourth-order valence-electron chi connectivity index (χ4n) is 1.47. The van der Waals surface area contributed by atoms with E-state index in [1.807, 2.05) is 0 Å². The molecule has 0 spiro atoms. The molecule has 18 heavy (non-hydrogen) atoms. The van der Waals surface area contributed by atoms with Gasteiger partial charge in [-0.3, -0.25) is 0 Å². The Morgan fingerprint density at radius 1 is 1.50 bits per heavy atom. The van der Waals surface area contributed by atoms with Crippen molar-refractivity contribution < 1.29 is 23.1 Å². The minimum Gasteiger partial charge on any atom is -0.478 e. The Morgan fingerprint density at radius 3 is 2.72 bits per heavy atom. The van der Waals surface area contributed by atoms with E-state index in [0.717, 1.165) is 6.20 Å². The molecule has 0 atom stereocenters. The molecule has 0 aliphatic heterocycles. The zero-order valence-corrected chi connectivity index (χ0v) is 9.22. The molecular weight excluding hydrogens is 246 g/mol. The highest BCUT2D eigenvalue weighted by Crippen LogP contribution is 2.25. The Hall–Kier alpha value is -2.31. The SMILES string of the molecule is Cc1occc1-c1ncc(C(=O)O)c(C(F)F)n1. The highest BCUT2D eigenvalue weighted by molar-refractivity contribution is 5.88. The first-order valence-corrected chi connectivity index (χ1v) is 4.93. The predicted octanol–water partition coefficient (Wildman–Crippen LogP) is 2.68. The third-order valence-electron chi connectivity index (χ3n) is 2.36. The Labute approximate surface area is 100 Å². The molecule has 0 radical (unpaired) electrons. The zero-order valence-electron chi connectivity index (χ0n) is 9.22. The summed E-state index contributed by atoms with van der Waals surface area (Å²) in [5.74, 6) is -0.999. The minimum absolute atomic E-state index is 0.0153. The number of aromatic nitrogens is 2. The van der Waals surface area contributed by atoms with Crippen LogP contribution in [0.3, 0.4) is 0 Å². The van der Waals surface area contributed by atoms with Crippen LogP contribution in [0, 0.1) is 6.92 Å². The summed E-state index contributed by atoms with van der Waals surface area (Å²) < 4.78 is 30.5. The van der Waals surface area contributed by atoms with Crippen molar-refractivity contribution in [1.82, 2.24) is 9.97 Å². The van der Waals surface area contributed by atoms with Crippen molar-refractivity contribution >= 4 is 5.97 Å². The van der Waals surface area contributed by atoms with Crippen LogP contribution in [-0.2, 0) is 0 Å². The highest BCUT2D eigenvalue weighted by atomic mass is 19.3. The van der Waals surface area contributed by atoms with Gasteiger partial charge in [-0.05, 0) is 13.0 Å². The van der Waals surface area contributed by atoms with Gasteiger partial charge >= 0.3 is 5.97 Å². The Bertz CT molecular complexity index is 596. The Kier molecular flexibility index (Phi) is 3.05. The van der Waals surface area contributed by atoms with Crippen molar-refractivity contribution in [2.24, 2.45) is 0 Å². The van der Waals surface area contributed by atoms with E-state index in [1.54, 1.807) is 6.92 Å².